The van der Waals surface area contributed by atoms with Crippen molar-refractivity contribution in [3.63, 3.8) is 0 Å². The van der Waals surface area contributed by atoms with Gasteiger partial charge in [0.25, 0.3) is 15.9 Å². The molecular weight excluding hydrogens is 480 g/mol. The maximum Gasteiger partial charge on any atom is 0.266 e. The van der Waals surface area contributed by atoms with E-state index >= 15 is 0 Å². The summed E-state index contributed by atoms with van der Waals surface area (Å²) in [5, 5.41) is 0.871. The van der Waals surface area contributed by atoms with Crippen LogP contribution in [0.15, 0.2) is 47.4 Å². The number of sulfonamides is 1. The Bertz CT molecular complexity index is 1300. The number of anilines is 2. The highest BCUT2D eigenvalue weighted by atomic mass is 35.5. The maximum atomic E-state index is 13.1. The number of rotatable bonds is 5. The molecule has 3 aromatic rings. The van der Waals surface area contributed by atoms with Crippen molar-refractivity contribution in [2.45, 2.75) is 25.7 Å². The van der Waals surface area contributed by atoms with Gasteiger partial charge in [-0.1, -0.05) is 46.7 Å². The number of aryl methyl sites for hydroxylation is 3. The smallest absolute Gasteiger partial charge is 0.266 e. The summed E-state index contributed by atoms with van der Waals surface area (Å²) in [6.07, 6.45) is 0. The highest BCUT2D eigenvalue weighted by Crippen LogP contribution is 2.28. The minimum atomic E-state index is -3.80. The van der Waals surface area contributed by atoms with E-state index in [0.717, 1.165) is 22.6 Å². The summed E-state index contributed by atoms with van der Waals surface area (Å²) < 4.78 is 28.3. The van der Waals surface area contributed by atoms with Gasteiger partial charge >= 0.3 is 0 Å². The molecule has 1 saturated heterocycles. The molecule has 0 radical (unpaired) electrons. The normalized spacial score (nSPS) is 14.4. The number of carbonyl (C=O) groups excluding carboxylic acids is 1. The van der Waals surface area contributed by atoms with Crippen molar-refractivity contribution in [1.82, 2.24) is 9.88 Å². The van der Waals surface area contributed by atoms with E-state index in [-0.39, 0.29) is 15.9 Å². The molecule has 7 nitrogen and oxygen atoms in total. The fourth-order valence-electron chi connectivity index (χ4n) is 3.89. The Hall–Kier alpha value is -2.62. The third kappa shape index (κ3) is 5.15. The fraction of sp³-hybridized carbons (Fsp3) is 0.304. The molecule has 33 heavy (non-hydrogen) atoms. The molecule has 0 bridgehead atoms. The first kappa shape index (κ1) is 23.5. The zero-order valence-corrected chi connectivity index (χ0v) is 21.0. The molecular formula is C23H25ClN4O3S2. The van der Waals surface area contributed by atoms with Crippen molar-refractivity contribution in [3.8, 4) is 0 Å². The summed E-state index contributed by atoms with van der Waals surface area (Å²) in [5.41, 5.74) is 3.19. The first-order valence-electron chi connectivity index (χ1n) is 10.5. The van der Waals surface area contributed by atoms with E-state index in [1.807, 2.05) is 37.3 Å². The predicted octanol–water partition coefficient (Wildman–Crippen LogP) is 4.48. The molecule has 0 saturated carbocycles. The Balaban J connectivity index is 1.45. The fourth-order valence-corrected chi connectivity index (χ4v) is 6.47. The van der Waals surface area contributed by atoms with Gasteiger partial charge in [0.1, 0.15) is 4.88 Å². The summed E-state index contributed by atoms with van der Waals surface area (Å²) in [7, 11) is -3.80. The monoisotopic (exact) mass is 504 g/mol. The molecule has 2 aromatic carbocycles. The average Bonchev–Trinajstić information content (AvgIpc) is 3.12. The maximum absolute atomic E-state index is 13.1. The second-order valence-corrected chi connectivity index (χ2v) is 11.2. The van der Waals surface area contributed by atoms with Crippen LogP contribution in [0.5, 0.6) is 0 Å². The zero-order valence-electron chi connectivity index (χ0n) is 18.6. The molecule has 0 spiro atoms. The lowest BCUT2D eigenvalue weighted by Crippen LogP contribution is -2.48. The lowest BCUT2D eigenvalue weighted by atomic mass is 10.2. The Labute approximate surface area is 203 Å². The minimum Gasteiger partial charge on any atom is -0.368 e. The van der Waals surface area contributed by atoms with Gasteiger partial charge in [0.15, 0.2) is 5.13 Å². The number of piperazine rings is 1. The number of hydrogen-bond acceptors (Lipinski definition) is 6. The summed E-state index contributed by atoms with van der Waals surface area (Å²) in [6, 6.07) is 12.8. The Morgan fingerprint density at radius 3 is 2.45 bits per heavy atom. The van der Waals surface area contributed by atoms with Crippen LogP contribution in [0.2, 0.25) is 5.02 Å². The Morgan fingerprint density at radius 1 is 1.06 bits per heavy atom. The third-order valence-corrected chi connectivity index (χ3v) is 8.50. The molecule has 1 aromatic heterocycles. The van der Waals surface area contributed by atoms with E-state index in [1.54, 1.807) is 30.9 Å². The standard InChI is InChI=1S/C23H25ClN4O3S2/c1-15-7-8-20(16(2)13-15)33(30,31)26-23-25-17(3)21(32-23)22(29)28-11-9-27(10-12-28)19-6-4-5-18(24)14-19/h4-8,13-14H,9-12H2,1-3H3,(H,25,26). The van der Waals surface area contributed by atoms with Gasteiger partial charge in [0.2, 0.25) is 0 Å². The average molecular weight is 505 g/mol. The lowest BCUT2D eigenvalue weighted by molar-refractivity contribution is 0.0750. The molecule has 10 heteroatoms. The SMILES string of the molecule is Cc1ccc(S(=O)(=O)Nc2nc(C)c(C(=O)N3CCN(c4cccc(Cl)c4)CC3)s2)c(C)c1. The minimum absolute atomic E-state index is 0.132. The molecule has 1 fully saturated rings. The van der Waals surface area contributed by atoms with Gasteiger partial charge in [-0.05, 0) is 50.6 Å². The van der Waals surface area contributed by atoms with E-state index in [0.29, 0.717) is 47.3 Å². The first-order chi connectivity index (χ1) is 15.6. The second-order valence-electron chi connectivity index (χ2n) is 8.07. The summed E-state index contributed by atoms with van der Waals surface area (Å²) in [6.45, 7) is 7.89. The number of nitrogens with one attached hydrogen (secondary N) is 1. The summed E-state index contributed by atoms with van der Waals surface area (Å²) >= 11 is 7.17. The van der Waals surface area contributed by atoms with Crippen LogP contribution in [0.3, 0.4) is 0 Å². The molecule has 1 aliphatic rings. The largest absolute Gasteiger partial charge is 0.368 e. The number of thiazole rings is 1. The van der Waals surface area contributed by atoms with E-state index in [9.17, 15) is 13.2 Å². The highest BCUT2D eigenvalue weighted by molar-refractivity contribution is 7.93. The Kier molecular flexibility index (Phi) is 6.65. The number of benzene rings is 2. The van der Waals surface area contributed by atoms with Crippen molar-refractivity contribution in [3.05, 3.63) is 69.2 Å². The van der Waals surface area contributed by atoms with Crippen LogP contribution in [-0.2, 0) is 10.0 Å². The van der Waals surface area contributed by atoms with Gasteiger partial charge in [-0.3, -0.25) is 9.52 Å². The number of amides is 1. The lowest BCUT2D eigenvalue weighted by Gasteiger charge is -2.36. The van der Waals surface area contributed by atoms with E-state index in [1.165, 1.54) is 0 Å². The molecule has 1 amide bonds. The van der Waals surface area contributed by atoms with Crippen LogP contribution >= 0.6 is 22.9 Å². The summed E-state index contributed by atoms with van der Waals surface area (Å²) in [5.74, 6) is -0.132. The van der Waals surface area contributed by atoms with Crippen molar-refractivity contribution < 1.29 is 13.2 Å². The van der Waals surface area contributed by atoms with E-state index < -0.39 is 10.0 Å². The highest BCUT2D eigenvalue weighted by Gasteiger charge is 2.27. The molecule has 0 aliphatic carbocycles. The van der Waals surface area contributed by atoms with E-state index in [2.05, 4.69) is 14.6 Å². The zero-order chi connectivity index (χ0) is 23.8. The van der Waals surface area contributed by atoms with Crippen LogP contribution in [0.1, 0.15) is 26.5 Å². The van der Waals surface area contributed by atoms with Crippen LogP contribution in [-0.4, -0.2) is 50.4 Å². The van der Waals surface area contributed by atoms with Crippen LogP contribution in [0, 0.1) is 20.8 Å². The number of halogens is 1. The molecule has 174 valence electrons. The molecule has 1 N–H and O–H groups in total. The Morgan fingerprint density at radius 2 is 1.79 bits per heavy atom. The van der Waals surface area contributed by atoms with Crippen molar-refractivity contribution in [2.75, 3.05) is 35.8 Å². The molecule has 1 aliphatic heterocycles. The molecule has 0 unspecified atom stereocenters. The van der Waals surface area contributed by atoms with Crippen molar-refractivity contribution in [2.24, 2.45) is 0 Å². The van der Waals surface area contributed by atoms with Gasteiger partial charge in [0, 0.05) is 36.9 Å². The van der Waals surface area contributed by atoms with Gasteiger partial charge in [-0.2, -0.15) is 0 Å². The number of hydrogen-bond donors (Lipinski definition) is 1. The van der Waals surface area contributed by atoms with Gasteiger partial charge < -0.3 is 9.80 Å². The number of aromatic nitrogens is 1. The first-order valence-corrected chi connectivity index (χ1v) is 13.2. The second kappa shape index (κ2) is 9.32. The van der Waals surface area contributed by atoms with E-state index in [4.69, 9.17) is 11.6 Å². The topological polar surface area (TPSA) is 82.6 Å². The van der Waals surface area contributed by atoms with Gasteiger partial charge in [0.05, 0.1) is 10.6 Å². The molecule has 0 atom stereocenters. The van der Waals surface area contributed by atoms with Crippen molar-refractivity contribution in [1.29, 1.82) is 0 Å². The quantitative estimate of drug-likeness (QED) is 0.553. The van der Waals surface area contributed by atoms with Gasteiger partial charge in [-0.25, -0.2) is 13.4 Å². The van der Waals surface area contributed by atoms with Crippen molar-refractivity contribution >= 4 is 49.7 Å². The molecule has 4 rings (SSSR count). The number of carbonyl (C=O) groups is 1. The molecule has 2 heterocycles. The predicted molar refractivity (Wildman–Crippen MR) is 133 cm³/mol. The summed E-state index contributed by atoms with van der Waals surface area (Å²) in [4.78, 5) is 22.1. The van der Waals surface area contributed by atoms with Gasteiger partial charge in [-0.15, -0.1) is 0 Å². The van der Waals surface area contributed by atoms with Crippen LogP contribution < -0.4 is 9.62 Å². The van der Waals surface area contributed by atoms with Crippen LogP contribution in [0.25, 0.3) is 0 Å². The third-order valence-electron chi connectivity index (χ3n) is 5.57. The van der Waals surface area contributed by atoms with Crippen LogP contribution in [0.4, 0.5) is 10.8 Å². The number of nitrogens with zero attached hydrogens (tertiary/aromatic N) is 3.